The van der Waals surface area contributed by atoms with Crippen molar-refractivity contribution in [2.45, 2.75) is 0 Å². The molecule has 3 heteroatoms. The SMILES string of the molecule is C=CC(=O)c1ccc(C(=O)c2ccc(C(=O)c3ccccc3)cc2)cc1. The molecule has 3 rings (SSSR count). The summed E-state index contributed by atoms with van der Waals surface area (Å²) >= 11 is 0. The average molecular weight is 340 g/mol. The molecule has 126 valence electrons. The van der Waals surface area contributed by atoms with E-state index < -0.39 is 0 Å². The minimum atomic E-state index is -0.187. The van der Waals surface area contributed by atoms with Crippen molar-refractivity contribution in [2.75, 3.05) is 0 Å². The highest BCUT2D eigenvalue weighted by Gasteiger charge is 2.12. The maximum Gasteiger partial charge on any atom is 0.193 e. The fourth-order valence-corrected chi connectivity index (χ4v) is 2.60. The van der Waals surface area contributed by atoms with E-state index in [2.05, 4.69) is 6.58 Å². The fraction of sp³-hybridized carbons (Fsp3) is 0. The normalized spacial score (nSPS) is 10.2. The van der Waals surface area contributed by atoms with Gasteiger partial charge in [-0.2, -0.15) is 0 Å². The second kappa shape index (κ2) is 7.53. The molecule has 0 saturated heterocycles. The molecule has 0 aliphatic heterocycles. The van der Waals surface area contributed by atoms with Crippen molar-refractivity contribution in [2.24, 2.45) is 0 Å². The number of rotatable bonds is 6. The molecule has 0 aliphatic rings. The zero-order valence-electron chi connectivity index (χ0n) is 14.0. The first kappa shape index (κ1) is 17.2. The molecule has 3 nitrogen and oxygen atoms in total. The summed E-state index contributed by atoms with van der Waals surface area (Å²) in [5.74, 6) is -0.439. The molecular formula is C23H16O3. The molecule has 26 heavy (non-hydrogen) atoms. The van der Waals surface area contributed by atoms with Crippen LogP contribution in [0.4, 0.5) is 0 Å². The van der Waals surface area contributed by atoms with Crippen LogP contribution in [0.5, 0.6) is 0 Å². The number of allylic oxidation sites excluding steroid dienone is 1. The first-order valence-corrected chi connectivity index (χ1v) is 8.11. The lowest BCUT2D eigenvalue weighted by molar-refractivity contribution is 0.102. The summed E-state index contributed by atoms with van der Waals surface area (Å²) in [4.78, 5) is 36.5. The predicted molar refractivity (Wildman–Crippen MR) is 101 cm³/mol. The number of ketones is 3. The van der Waals surface area contributed by atoms with Gasteiger partial charge in [0.1, 0.15) is 0 Å². The number of hydrogen-bond acceptors (Lipinski definition) is 3. The van der Waals surface area contributed by atoms with Crippen LogP contribution in [0.2, 0.25) is 0 Å². The first-order valence-electron chi connectivity index (χ1n) is 8.11. The third kappa shape index (κ3) is 3.57. The highest BCUT2D eigenvalue weighted by molar-refractivity contribution is 6.12. The lowest BCUT2D eigenvalue weighted by atomic mass is 9.98. The van der Waals surface area contributed by atoms with Crippen LogP contribution in [0, 0.1) is 0 Å². The number of carbonyl (C=O) groups excluding carboxylic acids is 3. The highest BCUT2D eigenvalue weighted by Crippen LogP contribution is 2.15. The Bertz CT molecular complexity index is 966. The monoisotopic (exact) mass is 340 g/mol. The Balaban J connectivity index is 1.80. The molecule has 0 fully saturated rings. The van der Waals surface area contributed by atoms with Crippen molar-refractivity contribution in [3.05, 3.63) is 119 Å². The number of carbonyl (C=O) groups is 3. The van der Waals surface area contributed by atoms with Gasteiger partial charge in [-0.3, -0.25) is 14.4 Å². The fourth-order valence-electron chi connectivity index (χ4n) is 2.60. The summed E-state index contributed by atoms with van der Waals surface area (Å²) in [5.41, 5.74) is 2.58. The van der Waals surface area contributed by atoms with Crippen LogP contribution in [0.15, 0.2) is 91.5 Å². The van der Waals surface area contributed by atoms with Crippen molar-refractivity contribution >= 4 is 17.3 Å². The molecule has 0 N–H and O–H groups in total. The molecule has 3 aromatic rings. The van der Waals surface area contributed by atoms with E-state index in [1.54, 1.807) is 60.7 Å². The molecule has 3 aromatic carbocycles. The molecular weight excluding hydrogens is 324 g/mol. The van der Waals surface area contributed by atoms with Gasteiger partial charge in [-0.1, -0.05) is 85.4 Å². The minimum Gasteiger partial charge on any atom is -0.289 e. The Kier molecular flexibility index (Phi) is 4.99. The third-order valence-electron chi connectivity index (χ3n) is 4.06. The van der Waals surface area contributed by atoms with E-state index in [0.717, 1.165) is 0 Å². The second-order valence-corrected chi connectivity index (χ2v) is 5.75. The largest absolute Gasteiger partial charge is 0.289 e. The Labute approximate surface area is 151 Å². The molecule has 0 spiro atoms. The molecule has 0 amide bonds. The van der Waals surface area contributed by atoms with E-state index in [1.165, 1.54) is 6.08 Å². The Morgan fingerprint density at radius 3 is 1.27 bits per heavy atom. The summed E-state index contributed by atoms with van der Waals surface area (Å²) in [7, 11) is 0. The zero-order valence-corrected chi connectivity index (χ0v) is 14.0. The molecule has 0 aromatic heterocycles. The zero-order chi connectivity index (χ0) is 18.5. The van der Waals surface area contributed by atoms with Gasteiger partial charge in [-0.25, -0.2) is 0 Å². The van der Waals surface area contributed by atoms with Gasteiger partial charge >= 0.3 is 0 Å². The van der Waals surface area contributed by atoms with Gasteiger partial charge < -0.3 is 0 Å². The van der Waals surface area contributed by atoms with Crippen LogP contribution in [0.3, 0.4) is 0 Å². The van der Waals surface area contributed by atoms with E-state index >= 15 is 0 Å². The van der Waals surface area contributed by atoms with E-state index in [4.69, 9.17) is 0 Å². The summed E-state index contributed by atoms with van der Waals surface area (Å²) in [5, 5.41) is 0. The van der Waals surface area contributed by atoms with Crippen molar-refractivity contribution in [1.82, 2.24) is 0 Å². The van der Waals surface area contributed by atoms with Crippen molar-refractivity contribution in [3.63, 3.8) is 0 Å². The molecule has 0 heterocycles. The lowest BCUT2D eigenvalue weighted by Gasteiger charge is -2.05. The first-order chi connectivity index (χ1) is 12.6. The van der Waals surface area contributed by atoms with Crippen molar-refractivity contribution in [1.29, 1.82) is 0 Å². The number of hydrogen-bond donors (Lipinski definition) is 0. The second-order valence-electron chi connectivity index (χ2n) is 5.75. The van der Waals surface area contributed by atoms with Crippen LogP contribution in [-0.4, -0.2) is 17.3 Å². The molecule has 0 unspecified atom stereocenters. The Morgan fingerprint density at radius 1 is 0.538 bits per heavy atom. The standard InChI is InChI=1S/C23H16O3/c1-2-21(24)16-8-10-18(11-9-16)23(26)20-14-12-19(13-15-20)22(25)17-6-4-3-5-7-17/h2-15H,1H2. The van der Waals surface area contributed by atoms with E-state index in [1.807, 2.05) is 18.2 Å². The summed E-state index contributed by atoms with van der Waals surface area (Å²) < 4.78 is 0. The summed E-state index contributed by atoms with van der Waals surface area (Å²) in [6.45, 7) is 3.44. The van der Waals surface area contributed by atoms with Gasteiger partial charge in [0.15, 0.2) is 17.3 Å². The topological polar surface area (TPSA) is 51.2 Å². The van der Waals surface area contributed by atoms with E-state index in [9.17, 15) is 14.4 Å². The summed E-state index contributed by atoms with van der Waals surface area (Å²) in [6.07, 6.45) is 1.24. The Morgan fingerprint density at radius 2 is 0.885 bits per heavy atom. The average Bonchev–Trinajstić information content (AvgIpc) is 2.73. The van der Waals surface area contributed by atoms with Crippen LogP contribution in [0.1, 0.15) is 42.2 Å². The van der Waals surface area contributed by atoms with Crippen LogP contribution in [0.25, 0.3) is 0 Å². The molecule has 0 radical (unpaired) electrons. The molecule has 0 aliphatic carbocycles. The third-order valence-corrected chi connectivity index (χ3v) is 4.06. The molecule has 0 saturated carbocycles. The van der Waals surface area contributed by atoms with Crippen LogP contribution < -0.4 is 0 Å². The van der Waals surface area contributed by atoms with E-state index in [0.29, 0.717) is 27.8 Å². The number of benzene rings is 3. The van der Waals surface area contributed by atoms with E-state index in [-0.39, 0.29) is 17.3 Å². The highest BCUT2D eigenvalue weighted by atomic mass is 16.1. The maximum atomic E-state index is 12.6. The van der Waals surface area contributed by atoms with Gasteiger partial charge in [0.25, 0.3) is 0 Å². The lowest BCUT2D eigenvalue weighted by Crippen LogP contribution is -2.05. The van der Waals surface area contributed by atoms with Gasteiger partial charge in [0.05, 0.1) is 0 Å². The Hall–Kier alpha value is -3.59. The maximum absolute atomic E-state index is 12.6. The van der Waals surface area contributed by atoms with Crippen molar-refractivity contribution < 1.29 is 14.4 Å². The quantitative estimate of drug-likeness (QED) is 0.490. The van der Waals surface area contributed by atoms with Gasteiger partial charge in [-0.05, 0) is 6.08 Å². The van der Waals surface area contributed by atoms with Gasteiger partial charge in [0, 0.05) is 27.8 Å². The van der Waals surface area contributed by atoms with Gasteiger partial charge in [-0.15, -0.1) is 0 Å². The molecule has 0 bridgehead atoms. The minimum absolute atomic E-state index is 0.0862. The smallest absolute Gasteiger partial charge is 0.193 e. The predicted octanol–water partition coefficient (Wildman–Crippen LogP) is 4.52. The van der Waals surface area contributed by atoms with Crippen molar-refractivity contribution in [3.8, 4) is 0 Å². The van der Waals surface area contributed by atoms with Crippen LogP contribution >= 0.6 is 0 Å². The molecule has 0 atom stereocenters. The van der Waals surface area contributed by atoms with Gasteiger partial charge in [0.2, 0.25) is 0 Å². The summed E-state index contributed by atoms with van der Waals surface area (Å²) in [6, 6.07) is 22.0. The van der Waals surface area contributed by atoms with Crippen LogP contribution in [-0.2, 0) is 0 Å².